The minimum atomic E-state index is -0.240. The fourth-order valence-electron chi connectivity index (χ4n) is 3.99. The predicted molar refractivity (Wildman–Crippen MR) is 134 cm³/mol. The van der Waals surface area contributed by atoms with Crippen molar-refractivity contribution in [3.63, 3.8) is 0 Å². The number of thiocarbonyl (C=S) groups is 1. The first kappa shape index (κ1) is 21.0. The average molecular weight is 426 g/mol. The van der Waals surface area contributed by atoms with Crippen LogP contribution in [0.5, 0.6) is 0 Å². The van der Waals surface area contributed by atoms with Crippen LogP contribution in [0.2, 0.25) is 0 Å². The van der Waals surface area contributed by atoms with Gasteiger partial charge in [0, 0.05) is 0 Å². The number of benzene rings is 4. The third kappa shape index (κ3) is 4.93. The van der Waals surface area contributed by atoms with Crippen LogP contribution >= 0.6 is 12.2 Å². The molecule has 0 amide bonds. The van der Waals surface area contributed by atoms with E-state index in [0.29, 0.717) is 5.11 Å². The normalized spacial score (nSPS) is 13.9. The molecule has 0 aliphatic heterocycles. The zero-order chi connectivity index (χ0) is 21.6. The van der Waals surface area contributed by atoms with E-state index in [9.17, 15) is 0 Å². The minimum Gasteiger partial charge on any atom is -0.356 e. The SMILES string of the molecule is C[C@H](NC(=S)N[C@@H](c1ccccc1)[C@@H](N)c1ccccc1)c1cccc2ccccc12. The highest BCUT2D eigenvalue weighted by atomic mass is 32.1. The van der Waals surface area contributed by atoms with Crippen LogP contribution in [0.25, 0.3) is 10.8 Å². The van der Waals surface area contributed by atoms with E-state index in [2.05, 4.69) is 84.3 Å². The van der Waals surface area contributed by atoms with Crippen molar-refractivity contribution in [1.82, 2.24) is 10.6 Å². The Hall–Kier alpha value is -3.21. The fraction of sp³-hybridized carbons (Fsp3) is 0.148. The maximum Gasteiger partial charge on any atom is 0.167 e. The van der Waals surface area contributed by atoms with E-state index in [4.69, 9.17) is 18.0 Å². The number of hydrogen-bond acceptors (Lipinski definition) is 2. The zero-order valence-electron chi connectivity index (χ0n) is 17.5. The van der Waals surface area contributed by atoms with Gasteiger partial charge in [0.05, 0.1) is 18.1 Å². The van der Waals surface area contributed by atoms with Gasteiger partial charge in [-0.05, 0) is 46.6 Å². The van der Waals surface area contributed by atoms with Crippen molar-refractivity contribution in [2.45, 2.75) is 25.0 Å². The van der Waals surface area contributed by atoms with Crippen LogP contribution < -0.4 is 16.4 Å². The number of fused-ring (bicyclic) bond motifs is 1. The summed E-state index contributed by atoms with van der Waals surface area (Å²) in [6.07, 6.45) is 0. The monoisotopic (exact) mass is 425 g/mol. The summed E-state index contributed by atoms with van der Waals surface area (Å²) < 4.78 is 0. The Bertz CT molecular complexity index is 1140. The summed E-state index contributed by atoms with van der Waals surface area (Å²) in [5.74, 6) is 0. The molecule has 4 aromatic carbocycles. The molecule has 4 N–H and O–H groups in total. The number of nitrogens with one attached hydrogen (secondary N) is 2. The predicted octanol–water partition coefficient (Wildman–Crippen LogP) is 5.81. The van der Waals surface area contributed by atoms with Crippen molar-refractivity contribution >= 4 is 28.1 Å². The third-order valence-corrected chi connectivity index (χ3v) is 5.86. The van der Waals surface area contributed by atoms with E-state index < -0.39 is 0 Å². The van der Waals surface area contributed by atoms with Gasteiger partial charge in [-0.1, -0.05) is 103 Å². The van der Waals surface area contributed by atoms with Gasteiger partial charge in [-0.15, -0.1) is 0 Å². The van der Waals surface area contributed by atoms with Crippen molar-refractivity contribution in [2.24, 2.45) is 5.73 Å². The zero-order valence-corrected chi connectivity index (χ0v) is 18.3. The highest BCUT2D eigenvalue weighted by Gasteiger charge is 2.23. The van der Waals surface area contributed by atoms with E-state index in [0.717, 1.165) is 11.1 Å². The molecule has 0 aliphatic carbocycles. The van der Waals surface area contributed by atoms with Crippen LogP contribution in [-0.4, -0.2) is 5.11 Å². The highest BCUT2D eigenvalue weighted by molar-refractivity contribution is 7.80. The van der Waals surface area contributed by atoms with E-state index in [1.807, 2.05) is 36.4 Å². The second kappa shape index (κ2) is 9.73. The Morgan fingerprint density at radius 1 is 0.710 bits per heavy atom. The second-order valence-electron chi connectivity index (χ2n) is 7.73. The van der Waals surface area contributed by atoms with Crippen LogP contribution in [0, 0.1) is 0 Å². The van der Waals surface area contributed by atoms with Gasteiger partial charge >= 0.3 is 0 Å². The largest absolute Gasteiger partial charge is 0.356 e. The van der Waals surface area contributed by atoms with Gasteiger partial charge in [0.15, 0.2) is 5.11 Å². The molecule has 0 aromatic heterocycles. The quantitative estimate of drug-likeness (QED) is 0.341. The molecule has 4 heteroatoms. The van der Waals surface area contributed by atoms with Gasteiger partial charge in [0.25, 0.3) is 0 Å². The average Bonchev–Trinajstić information content (AvgIpc) is 2.83. The first-order valence-electron chi connectivity index (χ1n) is 10.5. The lowest BCUT2D eigenvalue weighted by molar-refractivity contribution is 0.516. The molecule has 4 rings (SSSR count). The summed E-state index contributed by atoms with van der Waals surface area (Å²) in [4.78, 5) is 0. The van der Waals surface area contributed by atoms with Crippen molar-refractivity contribution in [1.29, 1.82) is 0 Å². The Morgan fingerprint density at radius 2 is 1.29 bits per heavy atom. The summed E-state index contributed by atoms with van der Waals surface area (Å²) in [5.41, 5.74) is 10.1. The molecule has 0 saturated heterocycles. The second-order valence-corrected chi connectivity index (χ2v) is 8.14. The molecule has 0 aliphatic rings. The molecule has 3 nitrogen and oxygen atoms in total. The van der Waals surface area contributed by atoms with E-state index in [1.165, 1.54) is 16.3 Å². The first-order valence-corrected chi connectivity index (χ1v) is 10.9. The standard InChI is InChI=1S/C27H27N3S/c1-19(23-18-10-16-20-11-8-9-17-24(20)23)29-27(31)30-26(22-14-6-3-7-15-22)25(28)21-12-4-2-5-13-21/h2-19,25-26H,28H2,1H3,(H2,29,30,31)/t19-,25-,26-/m0/s1. The lowest BCUT2D eigenvalue weighted by Crippen LogP contribution is -2.42. The summed E-state index contributed by atoms with van der Waals surface area (Å²) in [7, 11) is 0. The van der Waals surface area contributed by atoms with Crippen molar-refractivity contribution < 1.29 is 0 Å². The van der Waals surface area contributed by atoms with Gasteiger partial charge < -0.3 is 16.4 Å². The summed E-state index contributed by atoms with van der Waals surface area (Å²) >= 11 is 5.72. The Balaban J connectivity index is 1.55. The smallest absolute Gasteiger partial charge is 0.167 e. The maximum absolute atomic E-state index is 6.69. The Kier molecular flexibility index (Phi) is 6.60. The van der Waals surface area contributed by atoms with Crippen molar-refractivity contribution in [3.05, 3.63) is 120 Å². The van der Waals surface area contributed by atoms with Gasteiger partial charge in [-0.3, -0.25) is 0 Å². The molecule has 0 unspecified atom stereocenters. The van der Waals surface area contributed by atoms with E-state index >= 15 is 0 Å². The molecule has 0 radical (unpaired) electrons. The molecule has 4 aromatic rings. The Labute approximate surface area is 189 Å². The third-order valence-electron chi connectivity index (χ3n) is 5.63. The number of nitrogens with two attached hydrogens (primary N) is 1. The molecular weight excluding hydrogens is 398 g/mol. The molecule has 0 fully saturated rings. The summed E-state index contributed by atoms with van der Waals surface area (Å²) in [6.45, 7) is 2.13. The molecule has 0 saturated carbocycles. The van der Waals surface area contributed by atoms with Crippen LogP contribution in [0.4, 0.5) is 0 Å². The molecule has 156 valence electrons. The number of hydrogen-bond donors (Lipinski definition) is 3. The van der Waals surface area contributed by atoms with Crippen molar-refractivity contribution in [2.75, 3.05) is 0 Å². The van der Waals surface area contributed by atoms with E-state index in [-0.39, 0.29) is 18.1 Å². The molecule has 0 bridgehead atoms. The minimum absolute atomic E-state index is 0.0514. The summed E-state index contributed by atoms with van der Waals surface area (Å²) in [5, 5.41) is 9.97. The van der Waals surface area contributed by atoms with E-state index in [1.54, 1.807) is 0 Å². The molecule has 0 heterocycles. The number of rotatable bonds is 6. The molecule has 3 atom stereocenters. The lowest BCUT2D eigenvalue weighted by atomic mass is 9.94. The summed E-state index contributed by atoms with van der Waals surface area (Å²) in [6, 6.07) is 34.8. The molecular formula is C27H27N3S. The molecule has 0 spiro atoms. The Morgan fingerprint density at radius 3 is 2.00 bits per heavy atom. The van der Waals surface area contributed by atoms with Crippen LogP contribution in [0.1, 0.15) is 41.7 Å². The topological polar surface area (TPSA) is 50.1 Å². The van der Waals surface area contributed by atoms with Gasteiger partial charge in [-0.2, -0.15) is 0 Å². The maximum atomic E-state index is 6.69. The van der Waals surface area contributed by atoms with Gasteiger partial charge in [0.1, 0.15) is 0 Å². The van der Waals surface area contributed by atoms with Crippen LogP contribution in [0.3, 0.4) is 0 Å². The van der Waals surface area contributed by atoms with Crippen LogP contribution in [-0.2, 0) is 0 Å². The van der Waals surface area contributed by atoms with Crippen molar-refractivity contribution in [3.8, 4) is 0 Å². The first-order chi connectivity index (χ1) is 15.1. The molecule has 31 heavy (non-hydrogen) atoms. The van der Waals surface area contributed by atoms with Gasteiger partial charge in [0.2, 0.25) is 0 Å². The fourth-order valence-corrected chi connectivity index (χ4v) is 4.30. The van der Waals surface area contributed by atoms with Gasteiger partial charge in [-0.25, -0.2) is 0 Å². The lowest BCUT2D eigenvalue weighted by Gasteiger charge is -2.28. The van der Waals surface area contributed by atoms with Crippen LogP contribution in [0.15, 0.2) is 103 Å². The highest BCUT2D eigenvalue weighted by Crippen LogP contribution is 2.28.